The molecular formula is C10H20O3. The number of esters is 1. The Labute approximate surface area is 80.1 Å². The molecule has 0 aromatic carbocycles. The molecule has 0 aliphatic carbocycles. The fourth-order valence-electron chi connectivity index (χ4n) is 1.29. The van der Waals surface area contributed by atoms with E-state index in [-0.39, 0.29) is 18.5 Å². The van der Waals surface area contributed by atoms with Crippen LogP contribution >= 0.6 is 0 Å². The molecule has 0 rings (SSSR count). The molecule has 0 amide bonds. The average Bonchev–Trinajstić information content (AvgIpc) is 2.12. The number of hydrogen-bond donors (Lipinski definition) is 1. The molecule has 0 radical (unpaired) electrons. The van der Waals surface area contributed by atoms with Crippen LogP contribution < -0.4 is 0 Å². The van der Waals surface area contributed by atoms with E-state index in [0.29, 0.717) is 13.0 Å². The van der Waals surface area contributed by atoms with Crippen molar-refractivity contribution in [2.45, 2.75) is 39.5 Å². The van der Waals surface area contributed by atoms with Crippen molar-refractivity contribution in [3.05, 3.63) is 0 Å². The third-order valence-corrected chi connectivity index (χ3v) is 2.02. The van der Waals surface area contributed by atoms with Crippen molar-refractivity contribution in [1.82, 2.24) is 0 Å². The zero-order valence-corrected chi connectivity index (χ0v) is 8.58. The van der Waals surface area contributed by atoms with Gasteiger partial charge in [0.25, 0.3) is 0 Å². The maximum Gasteiger partial charge on any atom is 0.305 e. The smallest absolute Gasteiger partial charge is 0.305 e. The molecular weight excluding hydrogens is 168 g/mol. The van der Waals surface area contributed by atoms with Gasteiger partial charge in [-0.2, -0.15) is 0 Å². The van der Waals surface area contributed by atoms with Gasteiger partial charge in [0, 0.05) is 13.0 Å². The van der Waals surface area contributed by atoms with Crippen molar-refractivity contribution in [2.75, 3.05) is 13.2 Å². The van der Waals surface area contributed by atoms with Crippen LogP contribution in [0.1, 0.15) is 39.5 Å². The van der Waals surface area contributed by atoms with Crippen LogP contribution in [0.4, 0.5) is 0 Å². The molecule has 0 saturated heterocycles. The van der Waals surface area contributed by atoms with Crippen molar-refractivity contribution < 1.29 is 14.6 Å². The molecule has 0 aromatic rings. The van der Waals surface area contributed by atoms with Crippen molar-refractivity contribution in [1.29, 1.82) is 0 Å². The summed E-state index contributed by atoms with van der Waals surface area (Å²) in [7, 11) is 0. The van der Waals surface area contributed by atoms with Gasteiger partial charge in [0.1, 0.15) is 0 Å². The molecule has 0 unspecified atom stereocenters. The Bertz CT molecular complexity index is 134. The van der Waals surface area contributed by atoms with E-state index in [1.54, 1.807) is 6.92 Å². The number of hydrogen-bond acceptors (Lipinski definition) is 3. The Morgan fingerprint density at radius 3 is 2.54 bits per heavy atom. The normalized spacial score (nSPS) is 12.5. The van der Waals surface area contributed by atoms with Crippen molar-refractivity contribution in [3.63, 3.8) is 0 Å². The van der Waals surface area contributed by atoms with Crippen molar-refractivity contribution in [2.24, 2.45) is 5.92 Å². The molecule has 0 aliphatic rings. The highest BCUT2D eigenvalue weighted by atomic mass is 16.5. The van der Waals surface area contributed by atoms with Crippen molar-refractivity contribution in [3.8, 4) is 0 Å². The first kappa shape index (κ1) is 12.4. The minimum atomic E-state index is -0.156. The monoisotopic (exact) mass is 188 g/mol. The summed E-state index contributed by atoms with van der Waals surface area (Å²) < 4.78 is 4.79. The highest BCUT2D eigenvalue weighted by molar-refractivity contribution is 5.69. The Morgan fingerprint density at radius 2 is 2.08 bits per heavy atom. The van der Waals surface area contributed by atoms with Crippen LogP contribution in [-0.2, 0) is 9.53 Å². The zero-order chi connectivity index (χ0) is 10.1. The summed E-state index contributed by atoms with van der Waals surface area (Å²) in [6.45, 7) is 4.49. The van der Waals surface area contributed by atoms with Gasteiger partial charge < -0.3 is 9.84 Å². The molecule has 0 aromatic heterocycles. The maximum atomic E-state index is 11.0. The third kappa shape index (κ3) is 6.58. The predicted octanol–water partition coefficient (Wildman–Crippen LogP) is 1.74. The number of ether oxygens (including phenoxy) is 1. The second-order valence-electron chi connectivity index (χ2n) is 3.18. The molecule has 0 spiro atoms. The lowest BCUT2D eigenvalue weighted by Gasteiger charge is -2.11. The summed E-state index contributed by atoms with van der Waals surface area (Å²) in [5, 5.41) is 8.95. The summed E-state index contributed by atoms with van der Waals surface area (Å²) in [5.41, 5.74) is 0. The summed E-state index contributed by atoms with van der Waals surface area (Å²) in [5.74, 6) is 0.103. The number of carbonyl (C=O) groups is 1. The van der Waals surface area contributed by atoms with Crippen LogP contribution in [0.5, 0.6) is 0 Å². The quantitative estimate of drug-likeness (QED) is 0.619. The lowest BCUT2D eigenvalue weighted by molar-refractivity contribution is -0.143. The van der Waals surface area contributed by atoms with Crippen LogP contribution in [0.3, 0.4) is 0 Å². The lowest BCUT2D eigenvalue weighted by Crippen LogP contribution is -2.10. The molecule has 0 saturated carbocycles. The van der Waals surface area contributed by atoms with Crippen LogP contribution in [0.15, 0.2) is 0 Å². The third-order valence-electron chi connectivity index (χ3n) is 2.02. The van der Waals surface area contributed by atoms with E-state index >= 15 is 0 Å². The van der Waals surface area contributed by atoms with Crippen LogP contribution in [0.2, 0.25) is 0 Å². The standard InChI is InChI=1S/C10H20O3/c1-3-5-9(8-11)6-7-10(12)13-4-2/h9,11H,3-8H2,1-2H3/t9-/m0/s1. The Kier molecular flexibility index (Phi) is 7.69. The van der Waals surface area contributed by atoms with Crippen LogP contribution in [-0.4, -0.2) is 24.3 Å². The molecule has 1 atom stereocenters. The van der Waals surface area contributed by atoms with Crippen molar-refractivity contribution >= 4 is 5.97 Å². The molecule has 3 heteroatoms. The minimum Gasteiger partial charge on any atom is -0.466 e. The Hall–Kier alpha value is -0.570. The van der Waals surface area contributed by atoms with Gasteiger partial charge in [-0.05, 0) is 25.7 Å². The first-order chi connectivity index (χ1) is 6.24. The Balaban J connectivity index is 3.52. The second-order valence-corrected chi connectivity index (χ2v) is 3.18. The van der Waals surface area contributed by atoms with Gasteiger partial charge in [-0.3, -0.25) is 4.79 Å². The lowest BCUT2D eigenvalue weighted by atomic mass is 9.99. The molecule has 0 aliphatic heterocycles. The maximum absolute atomic E-state index is 11.0. The number of carbonyl (C=O) groups excluding carboxylic acids is 1. The molecule has 78 valence electrons. The van der Waals surface area contributed by atoms with E-state index in [9.17, 15) is 4.79 Å². The molecule has 3 nitrogen and oxygen atoms in total. The first-order valence-corrected chi connectivity index (χ1v) is 5.01. The minimum absolute atomic E-state index is 0.156. The van der Waals surface area contributed by atoms with E-state index in [1.165, 1.54) is 0 Å². The highest BCUT2D eigenvalue weighted by Gasteiger charge is 2.09. The fraction of sp³-hybridized carbons (Fsp3) is 0.900. The van der Waals surface area contributed by atoms with Gasteiger partial charge in [-0.15, -0.1) is 0 Å². The first-order valence-electron chi connectivity index (χ1n) is 5.01. The van der Waals surface area contributed by atoms with Gasteiger partial charge in [0.15, 0.2) is 0 Å². The van der Waals surface area contributed by atoms with Gasteiger partial charge in [-0.1, -0.05) is 13.3 Å². The molecule has 0 fully saturated rings. The second kappa shape index (κ2) is 8.05. The van der Waals surface area contributed by atoms with Crippen LogP contribution in [0, 0.1) is 5.92 Å². The molecule has 0 bridgehead atoms. The average molecular weight is 188 g/mol. The number of aliphatic hydroxyl groups is 1. The van der Waals surface area contributed by atoms with E-state index in [2.05, 4.69) is 6.92 Å². The largest absolute Gasteiger partial charge is 0.466 e. The number of aliphatic hydroxyl groups excluding tert-OH is 1. The van der Waals surface area contributed by atoms with Gasteiger partial charge in [0.05, 0.1) is 6.61 Å². The van der Waals surface area contributed by atoms with Gasteiger partial charge >= 0.3 is 5.97 Å². The number of rotatable bonds is 7. The highest BCUT2D eigenvalue weighted by Crippen LogP contribution is 2.12. The van der Waals surface area contributed by atoms with E-state index in [0.717, 1.165) is 19.3 Å². The fourth-order valence-corrected chi connectivity index (χ4v) is 1.29. The topological polar surface area (TPSA) is 46.5 Å². The van der Waals surface area contributed by atoms with E-state index in [1.807, 2.05) is 0 Å². The van der Waals surface area contributed by atoms with E-state index in [4.69, 9.17) is 9.84 Å². The summed E-state index contributed by atoms with van der Waals surface area (Å²) in [6.07, 6.45) is 3.20. The Morgan fingerprint density at radius 1 is 1.38 bits per heavy atom. The zero-order valence-electron chi connectivity index (χ0n) is 8.58. The SMILES string of the molecule is CCC[C@H](CO)CCC(=O)OCC. The predicted molar refractivity (Wildman–Crippen MR) is 51.4 cm³/mol. The molecule has 1 N–H and O–H groups in total. The van der Waals surface area contributed by atoms with E-state index < -0.39 is 0 Å². The summed E-state index contributed by atoms with van der Waals surface area (Å²) in [4.78, 5) is 11.0. The van der Waals surface area contributed by atoms with Gasteiger partial charge in [0.2, 0.25) is 0 Å². The molecule has 0 heterocycles. The summed E-state index contributed by atoms with van der Waals surface area (Å²) >= 11 is 0. The summed E-state index contributed by atoms with van der Waals surface area (Å²) in [6, 6.07) is 0. The van der Waals surface area contributed by atoms with Crippen LogP contribution in [0.25, 0.3) is 0 Å². The molecule has 13 heavy (non-hydrogen) atoms. The van der Waals surface area contributed by atoms with Gasteiger partial charge in [-0.25, -0.2) is 0 Å².